The fourth-order valence-electron chi connectivity index (χ4n) is 2.52. The van der Waals surface area contributed by atoms with Crippen molar-refractivity contribution in [3.8, 4) is 5.75 Å². The van der Waals surface area contributed by atoms with Gasteiger partial charge in [-0.15, -0.1) is 0 Å². The monoisotopic (exact) mass is 264 g/mol. The topological polar surface area (TPSA) is 33.7 Å². The van der Waals surface area contributed by atoms with Crippen LogP contribution in [-0.4, -0.2) is 51.4 Å². The minimum Gasteiger partial charge on any atom is -0.494 e. The summed E-state index contributed by atoms with van der Waals surface area (Å²) in [5.41, 5.74) is 1.30. The third-order valence-corrected chi connectivity index (χ3v) is 3.49. The van der Waals surface area contributed by atoms with Crippen molar-refractivity contribution in [1.29, 1.82) is 0 Å². The molecule has 1 N–H and O–H groups in total. The van der Waals surface area contributed by atoms with Crippen LogP contribution in [0.5, 0.6) is 5.75 Å². The van der Waals surface area contributed by atoms with Crippen molar-refractivity contribution in [3.05, 3.63) is 29.8 Å². The smallest absolute Gasteiger partial charge is 0.119 e. The minimum absolute atomic E-state index is 0.336. The number of methoxy groups -OCH3 is 1. The molecule has 0 radical (unpaired) electrons. The second-order valence-electron chi connectivity index (χ2n) is 4.76. The summed E-state index contributed by atoms with van der Waals surface area (Å²) in [6.45, 7) is 7.69. The molecule has 1 unspecified atom stereocenters. The Bertz CT molecular complexity index is 361. The van der Waals surface area contributed by atoms with E-state index in [-0.39, 0.29) is 0 Å². The molecule has 2 rings (SSSR count). The van der Waals surface area contributed by atoms with E-state index < -0.39 is 0 Å². The summed E-state index contributed by atoms with van der Waals surface area (Å²) in [4.78, 5) is 2.48. The van der Waals surface area contributed by atoms with Crippen molar-refractivity contribution < 1.29 is 9.47 Å². The second-order valence-corrected chi connectivity index (χ2v) is 4.76. The van der Waals surface area contributed by atoms with E-state index >= 15 is 0 Å². The van der Waals surface area contributed by atoms with Gasteiger partial charge in [0.15, 0.2) is 0 Å². The lowest BCUT2D eigenvalue weighted by Gasteiger charge is -2.34. The lowest BCUT2D eigenvalue weighted by Crippen LogP contribution is -2.46. The number of hydrogen-bond donors (Lipinski definition) is 1. The molecular formula is C15H24N2O2. The van der Waals surface area contributed by atoms with Crippen LogP contribution in [0.25, 0.3) is 0 Å². The first-order valence-electron chi connectivity index (χ1n) is 7.01. The van der Waals surface area contributed by atoms with E-state index in [1.165, 1.54) is 5.56 Å². The Kier molecular flexibility index (Phi) is 5.63. The number of nitrogens with zero attached hydrogens (tertiary/aromatic N) is 1. The fraction of sp³-hybridized carbons (Fsp3) is 0.600. The predicted octanol–water partition coefficient (Wildman–Crippen LogP) is 1.68. The van der Waals surface area contributed by atoms with Crippen molar-refractivity contribution in [2.45, 2.75) is 13.0 Å². The van der Waals surface area contributed by atoms with E-state index in [0.29, 0.717) is 12.6 Å². The molecule has 0 saturated carbocycles. The van der Waals surface area contributed by atoms with Gasteiger partial charge < -0.3 is 14.8 Å². The molecule has 0 aliphatic carbocycles. The Hall–Kier alpha value is -1.10. The number of nitrogens with one attached hydrogen (secondary N) is 1. The maximum absolute atomic E-state index is 5.49. The highest BCUT2D eigenvalue weighted by molar-refractivity contribution is 5.29. The van der Waals surface area contributed by atoms with Gasteiger partial charge in [0.05, 0.1) is 19.3 Å². The van der Waals surface area contributed by atoms with E-state index in [1.807, 2.05) is 19.1 Å². The van der Waals surface area contributed by atoms with Crippen LogP contribution in [0.1, 0.15) is 18.5 Å². The van der Waals surface area contributed by atoms with Gasteiger partial charge in [-0.25, -0.2) is 0 Å². The normalized spacial score (nSPS) is 18.2. The molecule has 1 aliphatic rings. The molecule has 106 valence electrons. The molecular weight excluding hydrogens is 240 g/mol. The van der Waals surface area contributed by atoms with Crippen LogP contribution < -0.4 is 10.1 Å². The first-order valence-corrected chi connectivity index (χ1v) is 7.01. The van der Waals surface area contributed by atoms with Gasteiger partial charge in [-0.1, -0.05) is 12.1 Å². The third-order valence-electron chi connectivity index (χ3n) is 3.49. The molecule has 1 aromatic rings. The lowest BCUT2D eigenvalue weighted by molar-refractivity contribution is 0.0812. The summed E-state index contributed by atoms with van der Waals surface area (Å²) in [5, 5.41) is 3.39. The summed E-state index contributed by atoms with van der Waals surface area (Å²) in [6, 6.07) is 8.73. The van der Waals surface area contributed by atoms with E-state index in [4.69, 9.17) is 9.47 Å². The van der Waals surface area contributed by atoms with Crippen molar-refractivity contribution in [1.82, 2.24) is 10.2 Å². The maximum atomic E-state index is 5.49. The van der Waals surface area contributed by atoms with Gasteiger partial charge in [0.25, 0.3) is 0 Å². The van der Waals surface area contributed by atoms with Crippen LogP contribution in [-0.2, 0) is 4.74 Å². The van der Waals surface area contributed by atoms with Crippen molar-refractivity contribution in [2.24, 2.45) is 0 Å². The second kappa shape index (κ2) is 7.48. The Labute approximate surface area is 115 Å². The van der Waals surface area contributed by atoms with Crippen LogP contribution in [0.4, 0.5) is 0 Å². The summed E-state index contributed by atoms with van der Waals surface area (Å²) in [7, 11) is 1.77. The molecule has 0 spiro atoms. The van der Waals surface area contributed by atoms with Crippen molar-refractivity contribution >= 4 is 0 Å². The molecule has 19 heavy (non-hydrogen) atoms. The molecule has 4 heteroatoms. The van der Waals surface area contributed by atoms with E-state index in [1.54, 1.807) is 7.11 Å². The lowest BCUT2D eigenvalue weighted by atomic mass is 10.0. The molecule has 1 fully saturated rings. The molecule has 1 aromatic carbocycles. The highest BCUT2D eigenvalue weighted by Gasteiger charge is 2.21. The molecule has 0 aromatic heterocycles. The SMILES string of the molecule is CCOc1ccc(C(COC)N2CCNCC2)cc1. The van der Waals surface area contributed by atoms with Crippen LogP contribution in [0.3, 0.4) is 0 Å². The number of hydrogen-bond acceptors (Lipinski definition) is 4. The van der Waals surface area contributed by atoms with Gasteiger partial charge in [0.1, 0.15) is 5.75 Å². The summed E-state index contributed by atoms with van der Waals surface area (Å²) in [6.07, 6.45) is 0. The van der Waals surface area contributed by atoms with Gasteiger partial charge in [-0.3, -0.25) is 4.90 Å². The van der Waals surface area contributed by atoms with Crippen LogP contribution in [0, 0.1) is 0 Å². The number of rotatable bonds is 6. The predicted molar refractivity (Wildman–Crippen MR) is 76.7 cm³/mol. The minimum atomic E-state index is 0.336. The zero-order valence-electron chi connectivity index (χ0n) is 11.9. The van der Waals surface area contributed by atoms with Gasteiger partial charge in [0.2, 0.25) is 0 Å². The van der Waals surface area contributed by atoms with Gasteiger partial charge in [-0.05, 0) is 24.6 Å². The Morgan fingerprint density at radius 2 is 1.89 bits per heavy atom. The summed E-state index contributed by atoms with van der Waals surface area (Å²) in [5.74, 6) is 0.933. The van der Waals surface area contributed by atoms with Crippen LogP contribution in [0.2, 0.25) is 0 Å². The first kappa shape index (κ1) is 14.3. The zero-order chi connectivity index (χ0) is 13.5. The molecule has 1 atom stereocenters. The van der Waals surface area contributed by atoms with Gasteiger partial charge in [-0.2, -0.15) is 0 Å². The average Bonchev–Trinajstić information content (AvgIpc) is 2.47. The maximum Gasteiger partial charge on any atom is 0.119 e. The number of ether oxygens (including phenoxy) is 2. The third kappa shape index (κ3) is 3.93. The highest BCUT2D eigenvalue weighted by atomic mass is 16.5. The number of benzene rings is 1. The molecule has 4 nitrogen and oxygen atoms in total. The molecule has 1 heterocycles. The Balaban J connectivity index is 2.08. The highest BCUT2D eigenvalue weighted by Crippen LogP contribution is 2.23. The zero-order valence-corrected chi connectivity index (χ0v) is 11.9. The number of piperazine rings is 1. The van der Waals surface area contributed by atoms with Crippen molar-refractivity contribution in [2.75, 3.05) is 46.5 Å². The summed E-state index contributed by atoms with van der Waals surface area (Å²) >= 11 is 0. The standard InChI is InChI=1S/C15H24N2O2/c1-3-19-14-6-4-13(5-7-14)15(12-18-2)17-10-8-16-9-11-17/h4-7,15-16H,3,8-12H2,1-2H3. The molecule has 1 saturated heterocycles. The van der Waals surface area contributed by atoms with Crippen molar-refractivity contribution in [3.63, 3.8) is 0 Å². The quantitative estimate of drug-likeness (QED) is 0.847. The van der Waals surface area contributed by atoms with Gasteiger partial charge >= 0.3 is 0 Å². The fourth-order valence-corrected chi connectivity index (χ4v) is 2.52. The largest absolute Gasteiger partial charge is 0.494 e. The molecule has 1 aliphatic heterocycles. The molecule has 0 amide bonds. The Morgan fingerprint density at radius 1 is 1.21 bits per heavy atom. The van der Waals surface area contributed by atoms with Crippen LogP contribution >= 0.6 is 0 Å². The van der Waals surface area contributed by atoms with E-state index in [0.717, 1.165) is 38.5 Å². The van der Waals surface area contributed by atoms with Gasteiger partial charge in [0, 0.05) is 33.3 Å². The molecule has 0 bridgehead atoms. The Morgan fingerprint density at radius 3 is 2.47 bits per heavy atom. The van der Waals surface area contributed by atoms with E-state index in [9.17, 15) is 0 Å². The first-order chi connectivity index (χ1) is 9.35. The van der Waals surface area contributed by atoms with Crippen LogP contribution in [0.15, 0.2) is 24.3 Å². The average molecular weight is 264 g/mol. The summed E-state index contributed by atoms with van der Waals surface area (Å²) < 4.78 is 10.9. The van der Waals surface area contributed by atoms with E-state index in [2.05, 4.69) is 22.3 Å².